The average molecular weight is 380 g/mol. The van der Waals surface area contributed by atoms with Crippen molar-refractivity contribution in [1.82, 2.24) is 14.9 Å². The number of aromatic amines is 1. The zero-order chi connectivity index (χ0) is 16.6. The highest BCUT2D eigenvalue weighted by atomic mass is 79.9. The lowest BCUT2D eigenvalue weighted by Crippen LogP contribution is -2.42. The van der Waals surface area contributed by atoms with Crippen LogP contribution in [-0.4, -0.2) is 39.7 Å². The maximum absolute atomic E-state index is 12.3. The molecule has 1 aliphatic rings. The monoisotopic (exact) mass is 379 g/mol. The normalized spacial score (nSPS) is 19.1. The second-order valence-electron chi connectivity index (χ2n) is 7.06. The van der Waals surface area contributed by atoms with Crippen molar-refractivity contribution in [2.24, 2.45) is 0 Å². The third-order valence-corrected chi connectivity index (χ3v) is 4.51. The van der Waals surface area contributed by atoms with Crippen LogP contribution in [0.25, 0.3) is 10.9 Å². The molecule has 2 aromatic heterocycles. The number of carbonyl (C=O) groups excluding carboxylic acids is 1. The molecule has 3 heterocycles. The first-order chi connectivity index (χ1) is 10.8. The van der Waals surface area contributed by atoms with Gasteiger partial charge in [-0.3, -0.25) is 0 Å². The van der Waals surface area contributed by atoms with E-state index in [9.17, 15) is 4.79 Å². The number of hydrogen-bond donors (Lipinski definition) is 1. The number of piperidine rings is 1. The summed E-state index contributed by atoms with van der Waals surface area (Å²) in [6.45, 7) is 7.15. The number of likely N-dealkylation sites (tertiary alicyclic amines) is 1. The summed E-state index contributed by atoms with van der Waals surface area (Å²) in [7, 11) is 0. The predicted octanol–water partition coefficient (Wildman–Crippen LogP) is 4.44. The maximum Gasteiger partial charge on any atom is 0.410 e. The molecule has 0 radical (unpaired) electrons. The minimum absolute atomic E-state index is 0.220. The number of nitrogens with zero attached hydrogens (tertiary/aromatic N) is 2. The molecule has 1 aliphatic heterocycles. The summed E-state index contributed by atoms with van der Waals surface area (Å²) in [4.78, 5) is 21.8. The Labute approximate surface area is 144 Å². The van der Waals surface area contributed by atoms with Crippen LogP contribution in [0.1, 0.15) is 45.1 Å². The number of H-pyrrole nitrogens is 1. The molecule has 1 amide bonds. The lowest BCUT2D eigenvalue weighted by molar-refractivity contribution is 0.0198. The van der Waals surface area contributed by atoms with E-state index < -0.39 is 5.60 Å². The fourth-order valence-corrected chi connectivity index (χ4v) is 3.40. The van der Waals surface area contributed by atoms with Gasteiger partial charge in [-0.25, -0.2) is 9.78 Å². The molecule has 6 heteroatoms. The molecule has 1 atom stereocenters. The smallest absolute Gasteiger partial charge is 0.410 e. The molecule has 0 aliphatic carbocycles. The minimum Gasteiger partial charge on any atom is -0.444 e. The predicted molar refractivity (Wildman–Crippen MR) is 93.6 cm³/mol. The van der Waals surface area contributed by atoms with Crippen molar-refractivity contribution in [2.45, 2.75) is 45.1 Å². The highest BCUT2D eigenvalue weighted by Gasteiger charge is 2.29. The zero-order valence-corrected chi connectivity index (χ0v) is 15.3. The quantitative estimate of drug-likeness (QED) is 0.745. The SMILES string of the molecule is CC(C)(C)OC(=O)N1CCCC(c2c[nH]c3cc(Br)ncc23)C1. The molecule has 3 rings (SSSR count). The van der Waals surface area contributed by atoms with Crippen molar-refractivity contribution in [1.29, 1.82) is 0 Å². The van der Waals surface area contributed by atoms with Gasteiger partial charge in [0.2, 0.25) is 0 Å². The summed E-state index contributed by atoms with van der Waals surface area (Å²) < 4.78 is 6.32. The number of amides is 1. The molecule has 1 N–H and O–H groups in total. The molecule has 23 heavy (non-hydrogen) atoms. The van der Waals surface area contributed by atoms with E-state index >= 15 is 0 Å². The van der Waals surface area contributed by atoms with Crippen molar-refractivity contribution in [2.75, 3.05) is 13.1 Å². The Morgan fingerprint density at radius 1 is 1.48 bits per heavy atom. The molecule has 1 unspecified atom stereocenters. The lowest BCUT2D eigenvalue weighted by atomic mass is 9.91. The highest BCUT2D eigenvalue weighted by molar-refractivity contribution is 9.10. The molecule has 2 aromatic rings. The molecule has 0 bridgehead atoms. The Bertz CT molecular complexity index is 720. The van der Waals surface area contributed by atoms with Gasteiger partial charge in [0, 0.05) is 42.3 Å². The third kappa shape index (κ3) is 3.68. The van der Waals surface area contributed by atoms with Crippen LogP contribution in [-0.2, 0) is 4.74 Å². The second-order valence-corrected chi connectivity index (χ2v) is 7.87. The standard InChI is InChI=1S/C17H22BrN3O2/c1-17(2,3)23-16(22)21-6-4-5-11(10-21)12-8-19-14-7-15(18)20-9-13(12)14/h7-9,11,19H,4-6,10H2,1-3H3. The molecular weight excluding hydrogens is 358 g/mol. The van der Waals surface area contributed by atoms with Gasteiger partial charge in [0.25, 0.3) is 0 Å². The topological polar surface area (TPSA) is 58.2 Å². The van der Waals surface area contributed by atoms with Crippen LogP contribution in [0.3, 0.4) is 0 Å². The van der Waals surface area contributed by atoms with Gasteiger partial charge >= 0.3 is 6.09 Å². The summed E-state index contributed by atoms with van der Waals surface area (Å²) >= 11 is 3.39. The Hall–Kier alpha value is -1.56. The van der Waals surface area contributed by atoms with E-state index in [1.807, 2.05) is 44.1 Å². The largest absolute Gasteiger partial charge is 0.444 e. The fourth-order valence-electron chi connectivity index (χ4n) is 3.07. The van der Waals surface area contributed by atoms with Gasteiger partial charge < -0.3 is 14.6 Å². The molecular formula is C17H22BrN3O2. The van der Waals surface area contributed by atoms with E-state index in [0.29, 0.717) is 12.5 Å². The molecule has 124 valence electrons. The first kappa shape index (κ1) is 16.3. The zero-order valence-electron chi connectivity index (χ0n) is 13.7. The highest BCUT2D eigenvalue weighted by Crippen LogP contribution is 2.33. The van der Waals surface area contributed by atoms with Crippen LogP contribution >= 0.6 is 15.9 Å². The van der Waals surface area contributed by atoms with Crippen molar-refractivity contribution in [3.8, 4) is 0 Å². The van der Waals surface area contributed by atoms with E-state index in [1.54, 1.807) is 0 Å². The van der Waals surface area contributed by atoms with Gasteiger partial charge in [-0.15, -0.1) is 0 Å². The minimum atomic E-state index is -0.457. The number of fused-ring (bicyclic) bond motifs is 1. The van der Waals surface area contributed by atoms with Crippen molar-refractivity contribution in [3.05, 3.63) is 28.6 Å². The Balaban J connectivity index is 1.79. The molecule has 1 saturated heterocycles. The Morgan fingerprint density at radius 3 is 3.00 bits per heavy atom. The van der Waals surface area contributed by atoms with Crippen molar-refractivity contribution >= 4 is 32.9 Å². The summed E-state index contributed by atoms with van der Waals surface area (Å²) in [6.07, 6.45) is 5.77. The van der Waals surface area contributed by atoms with Crippen LogP contribution in [0.4, 0.5) is 4.79 Å². The van der Waals surface area contributed by atoms with Gasteiger partial charge in [0.1, 0.15) is 10.2 Å². The number of rotatable bonds is 1. The van der Waals surface area contributed by atoms with Gasteiger partial charge in [-0.2, -0.15) is 0 Å². The second kappa shape index (κ2) is 6.15. The molecule has 0 aromatic carbocycles. The van der Waals surface area contributed by atoms with Crippen LogP contribution in [0.15, 0.2) is 23.1 Å². The number of halogens is 1. The van der Waals surface area contributed by atoms with Crippen molar-refractivity contribution in [3.63, 3.8) is 0 Å². The Morgan fingerprint density at radius 2 is 2.26 bits per heavy atom. The number of pyridine rings is 1. The van der Waals surface area contributed by atoms with Crippen LogP contribution in [0.2, 0.25) is 0 Å². The van der Waals surface area contributed by atoms with Gasteiger partial charge in [-0.1, -0.05) is 0 Å². The molecule has 1 fully saturated rings. The van der Waals surface area contributed by atoms with E-state index in [1.165, 1.54) is 5.56 Å². The van der Waals surface area contributed by atoms with Gasteiger partial charge in [0.05, 0.1) is 0 Å². The number of nitrogens with one attached hydrogen (secondary N) is 1. The summed E-state index contributed by atoms with van der Waals surface area (Å²) in [5, 5.41) is 1.13. The first-order valence-electron chi connectivity index (χ1n) is 7.94. The van der Waals surface area contributed by atoms with E-state index in [0.717, 1.165) is 34.9 Å². The number of aromatic nitrogens is 2. The summed E-state index contributed by atoms with van der Waals surface area (Å²) in [5.74, 6) is 0.313. The summed E-state index contributed by atoms with van der Waals surface area (Å²) in [6, 6.07) is 1.98. The summed E-state index contributed by atoms with van der Waals surface area (Å²) in [5.41, 5.74) is 1.84. The van der Waals surface area contributed by atoms with Gasteiger partial charge in [-0.05, 0) is 61.2 Å². The van der Waals surface area contributed by atoms with Crippen molar-refractivity contribution < 1.29 is 9.53 Å². The van der Waals surface area contributed by atoms with Crippen LogP contribution in [0, 0.1) is 0 Å². The maximum atomic E-state index is 12.3. The van der Waals surface area contributed by atoms with E-state index in [2.05, 4.69) is 25.9 Å². The molecule has 0 spiro atoms. The third-order valence-electron chi connectivity index (χ3n) is 4.08. The fraction of sp³-hybridized carbons (Fsp3) is 0.529. The molecule has 5 nitrogen and oxygen atoms in total. The van der Waals surface area contributed by atoms with Crippen LogP contribution < -0.4 is 0 Å². The number of ether oxygens (including phenoxy) is 1. The lowest BCUT2D eigenvalue weighted by Gasteiger charge is -2.34. The first-order valence-corrected chi connectivity index (χ1v) is 8.73. The van der Waals surface area contributed by atoms with E-state index in [-0.39, 0.29) is 6.09 Å². The Kier molecular flexibility index (Phi) is 4.36. The molecule has 0 saturated carbocycles. The van der Waals surface area contributed by atoms with E-state index in [4.69, 9.17) is 4.74 Å². The van der Waals surface area contributed by atoms with Crippen LogP contribution in [0.5, 0.6) is 0 Å². The van der Waals surface area contributed by atoms with Gasteiger partial charge in [0.15, 0.2) is 0 Å². The number of hydrogen-bond acceptors (Lipinski definition) is 3. The number of carbonyl (C=O) groups is 1. The average Bonchev–Trinajstić information content (AvgIpc) is 2.88.